The number of rotatable bonds is 4. The molecule has 0 spiro atoms. The lowest BCUT2D eigenvalue weighted by Gasteiger charge is -2.13. The van der Waals surface area contributed by atoms with Gasteiger partial charge in [-0.2, -0.15) is 0 Å². The molecule has 0 unspecified atom stereocenters. The summed E-state index contributed by atoms with van der Waals surface area (Å²) in [6.07, 6.45) is 0.914. The summed E-state index contributed by atoms with van der Waals surface area (Å²) in [6, 6.07) is 6.48. The lowest BCUT2D eigenvalue weighted by atomic mass is 10.1. The molecule has 2 amide bonds. The molecule has 1 aliphatic heterocycles. The first-order valence-electron chi connectivity index (χ1n) is 6.16. The van der Waals surface area contributed by atoms with Crippen LogP contribution in [-0.2, 0) is 9.53 Å². The van der Waals surface area contributed by atoms with Gasteiger partial charge in [-0.3, -0.25) is 9.59 Å². The van der Waals surface area contributed by atoms with E-state index in [1.165, 1.54) is 6.07 Å². The Balaban J connectivity index is 0.00000200. The van der Waals surface area contributed by atoms with E-state index in [0.29, 0.717) is 24.2 Å². The highest BCUT2D eigenvalue weighted by Crippen LogP contribution is 2.20. The second-order valence-electron chi connectivity index (χ2n) is 4.49. The first-order chi connectivity index (χ1) is 9.10. The minimum Gasteiger partial charge on any atom is -0.366 e. The largest absolute Gasteiger partial charge is 0.366 e. The SMILES string of the molecule is Cl.NC[C@H]1CC[C@@H](C(=O)Nc2cccc(C(N)=O)c2)O1. The normalized spacial score (nSPS) is 21.1. The first-order valence-corrected chi connectivity index (χ1v) is 6.16. The highest BCUT2D eigenvalue weighted by Gasteiger charge is 2.29. The summed E-state index contributed by atoms with van der Waals surface area (Å²) in [5.41, 5.74) is 11.6. The van der Waals surface area contributed by atoms with Crippen molar-refractivity contribution in [3.63, 3.8) is 0 Å². The van der Waals surface area contributed by atoms with Gasteiger partial charge in [-0.25, -0.2) is 0 Å². The first kappa shape index (κ1) is 16.4. The molecule has 2 atom stereocenters. The Morgan fingerprint density at radius 1 is 1.35 bits per heavy atom. The average Bonchev–Trinajstić information content (AvgIpc) is 2.88. The molecule has 2 rings (SSSR count). The number of primary amides is 1. The number of benzene rings is 1. The summed E-state index contributed by atoms with van der Waals surface area (Å²) in [5.74, 6) is -0.756. The van der Waals surface area contributed by atoms with Gasteiger partial charge in [0.25, 0.3) is 5.91 Å². The van der Waals surface area contributed by atoms with E-state index in [9.17, 15) is 9.59 Å². The highest BCUT2D eigenvalue weighted by atomic mass is 35.5. The number of carbonyl (C=O) groups is 2. The molecule has 20 heavy (non-hydrogen) atoms. The van der Waals surface area contributed by atoms with Gasteiger partial charge in [0.15, 0.2) is 0 Å². The number of hydrogen-bond donors (Lipinski definition) is 3. The van der Waals surface area contributed by atoms with Crippen molar-refractivity contribution in [3.8, 4) is 0 Å². The molecule has 0 bridgehead atoms. The number of nitrogens with one attached hydrogen (secondary N) is 1. The van der Waals surface area contributed by atoms with E-state index in [4.69, 9.17) is 16.2 Å². The van der Waals surface area contributed by atoms with Gasteiger partial charge >= 0.3 is 0 Å². The van der Waals surface area contributed by atoms with Gasteiger partial charge in [-0.15, -0.1) is 12.4 Å². The van der Waals surface area contributed by atoms with Crippen molar-refractivity contribution in [3.05, 3.63) is 29.8 Å². The number of anilines is 1. The van der Waals surface area contributed by atoms with E-state index in [1.54, 1.807) is 18.2 Å². The van der Waals surface area contributed by atoms with Gasteiger partial charge in [0.2, 0.25) is 5.91 Å². The van der Waals surface area contributed by atoms with Crippen molar-refractivity contribution in [1.29, 1.82) is 0 Å². The summed E-state index contributed by atoms with van der Waals surface area (Å²) in [4.78, 5) is 23.0. The van der Waals surface area contributed by atoms with Crippen LogP contribution in [0.2, 0.25) is 0 Å². The maximum atomic E-state index is 12.0. The Kier molecular flexibility index (Phi) is 5.94. The molecule has 0 saturated carbocycles. The Labute approximate surface area is 123 Å². The standard InChI is InChI=1S/C13H17N3O3.ClH/c14-7-10-4-5-11(19-10)13(18)16-9-3-1-2-8(6-9)12(15)17;/h1-3,6,10-11H,4-5,7,14H2,(H2,15,17)(H,16,18);1H/t10-,11+;/m1./s1. The van der Waals surface area contributed by atoms with Crippen molar-refractivity contribution >= 4 is 29.9 Å². The number of ether oxygens (including phenoxy) is 1. The van der Waals surface area contributed by atoms with E-state index in [-0.39, 0.29) is 24.4 Å². The van der Waals surface area contributed by atoms with Crippen LogP contribution in [0.5, 0.6) is 0 Å². The molecule has 1 aromatic rings. The van der Waals surface area contributed by atoms with Gasteiger partial charge in [-0.1, -0.05) is 6.07 Å². The molecule has 0 aromatic heterocycles. The summed E-state index contributed by atoms with van der Waals surface area (Å²) in [5, 5.41) is 2.71. The van der Waals surface area contributed by atoms with E-state index < -0.39 is 12.0 Å². The quantitative estimate of drug-likeness (QED) is 0.758. The van der Waals surface area contributed by atoms with Gasteiger partial charge in [0.1, 0.15) is 6.10 Å². The van der Waals surface area contributed by atoms with Crippen LogP contribution < -0.4 is 16.8 Å². The highest BCUT2D eigenvalue weighted by molar-refractivity contribution is 5.97. The van der Waals surface area contributed by atoms with E-state index in [0.717, 1.165) is 6.42 Å². The van der Waals surface area contributed by atoms with Crippen molar-refractivity contribution in [2.24, 2.45) is 11.5 Å². The fourth-order valence-corrected chi connectivity index (χ4v) is 2.04. The second kappa shape index (κ2) is 7.23. The van der Waals surface area contributed by atoms with Crippen molar-refractivity contribution in [2.75, 3.05) is 11.9 Å². The predicted octanol–water partition coefficient (Wildman–Crippen LogP) is 0.652. The van der Waals surface area contributed by atoms with Crippen LogP contribution in [0, 0.1) is 0 Å². The predicted molar refractivity (Wildman–Crippen MR) is 77.8 cm³/mol. The number of carbonyl (C=O) groups excluding carboxylic acids is 2. The molecule has 0 aliphatic carbocycles. The van der Waals surface area contributed by atoms with Crippen LogP contribution in [0.1, 0.15) is 23.2 Å². The van der Waals surface area contributed by atoms with Crippen LogP contribution in [0.15, 0.2) is 24.3 Å². The number of amides is 2. The zero-order valence-corrected chi connectivity index (χ0v) is 11.7. The molecule has 0 radical (unpaired) electrons. The Morgan fingerprint density at radius 2 is 2.10 bits per heavy atom. The average molecular weight is 300 g/mol. The molecule has 1 fully saturated rings. The fourth-order valence-electron chi connectivity index (χ4n) is 2.04. The molecule has 1 saturated heterocycles. The van der Waals surface area contributed by atoms with E-state index in [2.05, 4.69) is 5.32 Å². The molecule has 1 aliphatic rings. The molecule has 1 aromatic carbocycles. The second-order valence-corrected chi connectivity index (χ2v) is 4.49. The van der Waals surface area contributed by atoms with Crippen LogP contribution in [0.25, 0.3) is 0 Å². The van der Waals surface area contributed by atoms with Crippen molar-refractivity contribution < 1.29 is 14.3 Å². The Bertz CT molecular complexity index is 496. The molecule has 1 heterocycles. The lowest BCUT2D eigenvalue weighted by Crippen LogP contribution is -2.29. The van der Waals surface area contributed by atoms with Crippen molar-refractivity contribution in [2.45, 2.75) is 25.0 Å². The third-order valence-electron chi connectivity index (χ3n) is 3.08. The van der Waals surface area contributed by atoms with Gasteiger partial charge in [-0.05, 0) is 31.0 Å². The number of nitrogens with two attached hydrogens (primary N) is 2. The summed E-state index contributed by atoms with van der Waals surface area (Å²) < 4.78 is 5.49. The van der Waals surface area contributed by atoms with Gasteiger partial charge in [0.05, 0.1) is 6.10 Å². The smallest absolute Gasteiger partial charge is 0.253 e. The summed E-state index contributed by atoms with van der Waals surface area (Å²) >= 11 is 0. The van der Waals surface area contributed by atoms with Gasteiger partial charge in [0, 0.05) is 17.8 Å². The molecular weight excluding hydrogens is 282 g/mol. The number of halogens is 1. The van der Waals surface area contributed by atoms with Gasteiger partial charge < -0.3 is 21.5 Å². The van der Waals surface area contributed by atoms with Crippen LogP contribution in [0.3, 0.4) is 0 Å². The maximum absolute atomic E-state index is 12.0. The molecule has 6 nitrogen and oxygen atoms in total. The molecule has 110 valence electrons. The zero-order chi connectivity index (χ0) is 13.8. The summed E-state index contributed by atoms with van der Waals surface area (Å²) in [6.45, 7) is 0.418. The minimum absolute atomic E-state index is 0. The lowest BCUT2D eigenvalue weighted by molar-refractivity contribution is -0.126. The van der Waals surface area contributed by atoms with Crippen LogP contribution in [-0.4, -0.2) is 30.6 Å². The fraction of sp³-hybridized carbons (Fsp3) is 0.385. The third-order valence-corrected chi connectivity index (χ3v) is 3.08. The van der Waals surface area contributed by atoms with Crippen LogP contribution >= 0.6 is 12.4 Å². The van der Waals surface area contributed by atoms with Crippen molar-refractivity contribution in [1.82, 2.24) is 0 Å². The molecule has 5 N–H and O–H groups in total. The minimum atomic E-state index is -0.531. The number of hydrogen-bond acceptors (Lipinski definition) is 4. The third kappa shape index (κ3) is 3.93. The Morgan fingerprint density at radius 3 is 2.70 bits per heavy atom. The monoisotopic (exact) mass is 299 g/mol. The van der Waals surface area contributed by atoms with E-state index in [1.807, 2.05) is 0 Å². The molecule has 7 heteroatoms. The zero-order valence-electron chi connectivity index (χ0n) is 10.9. The van der Waals surface area contributed by atoms with E-state index >= 15 is 0 Å². The Hall–Kier alpha value is -1.63. The summed E-state index contributed by atoms with van der Waals surface area (Å²) in [7, 11) is 0. The molecular formula is C13H18ClN3O3. The maximum Gasteiger partial charge on any atom is 0.253 e. The topological polar surface area (TPSA) is 107 Å². The van der Waals surface area contributed by atoms with Crippen LogP contribution in [0.4, 0.5) is 5.69 Å².